The van der Waals surface area contributed by atoms with Gasteiger partial charge in [-0.05, 0) is 23.8 Å². The molecule has 2 heterocycles. The number of rotatable bonds is 5. The number of aromatic amines is 1. The lowest BCUT2D eigenvalue weighted by Gasteiger charge is -2.11. The molecule has 0 radical (unpaired) electrons. The molecule has 0 saturated carbocycles. The summed E-state index contributed by atoms with van der Waals surface area (Å²) in [6.07, 6.45) is -4.56. The van der Waals surface area contributed by atoms with Crippen molar-refractivity contribution in [3.63, 3.8) is 0 Å². The molecule has 11 heteroatoms. The van der Waals surface area contributed by atoms with Gasteiger partial charge in [-0.2, -0.15) is 13.2 Å². The third-order valence-corrected chi connectivity index (χ3v) is 6.49. The molecule has 1 amide bonds. The van der Waals surface area contributed by atoms with Crippen LogP contribution in [0.1, 0.15) is 5.56 Å². The fraction of sp³-hybridized carbons (Fsp3) is 0.0952. The van der Waals surface area contributed by atoms with Crippen LogP contribution in [0.4, 0.5) is 18.9 Å². The average molecular weight is 496 g/mol. The molecule has 4 aromatic rings. The Morgan fingerprint density at radius 3 is 2.66 bits per heavy atom. The molecular formula is C21H13ClF3N3O2S2. The molecule has 5 nitrogen and oxygen atoms in total. The van der Waals surface area contributed by atoms with E-state index in [1.807, 2.05) is 35.7 Å². The quantitative estimate of drug-likeness (QED) is 0.261. The summed E-state index contributed by atoms with van der Waals surface area (Å²) in [5.74, 6) is -0.770. The fourth-order valence-electron chi connectivity index (χ4n) is 2.95. The number of alkyl halides is 3. The topological polar surface area (TPSA) is 74.8 Å². The van der Waals surface area contributed by atoms with Crippen molar-refractivity contribution >= 4 is 56.5 Å². The lowest BCUT2D eigenvalue weighted by molar-refractivity contribution is -0.137. The van der Waals surface area contributed by atoms with E-state index in [9.17, 15) is 22.8 Å². The van der Waals surface area contributed by atoms with Crippen molar-refractivity contribution in [3.8, 4) is 11.1 Å². The molecule has 0 atom stereocenters. The van der Waals surface area contributed by atoms with Crippen LogP contribution in [0.3, 0.4) is 0 Å². The van der Waals surface area contributed by atoms with Crippen LogP contribution in [-0.2, 0) is 11.0 Å². The highest BCUT2D eigenvalue weighted by molar-refractivity contribution is 7.99. The lowest BCUT2D eigenvalue weighted by atomic mass is 10.1. The molecule has 0 aliphatic heterocycles. The molecule has 0 aliphatic rings. The Hall–Kier alpha value is -2.82. The van der Waals surface area contributed by atoms with Crippen LogP contribution < -0.4 is 10.9 Å². The number of nitrogens with zero attached hydrogens (tertiary/aromatic N) is 1. The van der Waals surface area contributed by atoms with E-state index in [1.54, 1.807) is 0 Å². The Bertz CT molecular complexity index is 1350. The second kappa shape index (κ2) is 8.97. The largest absolute Gasteiger partial charge is 0.416 e. The monoisotopic (exact) mass is 495 g/mol. The molecule has 164 valence electrons. The zero-order chi connectivity index (χ0) is 22.9. The van der Waals surface area contributed by atoms with Crippen LogP contribution in [0.25, 0.3) is 21.3 Å². The molecule has 4 rings (SSSR count). The van der Waals surface area contributed by atoms with Gasteiger partial charge in [0.2, 0.25) is 5.91 Å². The van der Waals surface area contributed by atoms with Gasteiger partial charge in [-0.1, -0.05) is 53.7 Å². The van der Waals surface area contributed by atoms with Crippen molar-refractivity contribution in [1.82, 2.24) is 9.97 Å². The van der Waals surface area contributed by atoms with E-state index in [2.05, 4.69) is 15.3 Å². The summed E-state index contributed by atoms with van der Waals surface area (Å²) in [5.41, 5.74) is 0.263. The molecule has 0 saturated heterocycles. The maximum Gasteiger partial charge on any atom is 0.416 e. The molecule has 0 spiro atoms. The van der Waals surface area contributed by atoms with Crippen molar-refractivity contribution in [2.24, 2.45) is 0 Å². The lowest BCUT2D eigenvalue weighted by Crippen LogP contribution is -2.16. The number of thioether (sulfide) groups is 1. The summed E-state index contributed by atoms with van der Waals surface area (Å²) in [4.78, 5) is 32.5. The van der Waals surface area contributed by atoms with Crippen molar-refractivity contribution < 1.29 is 18.0 Å². The normalized spacial score (nSPS) is 11.6. The number of aromatic nitrogens is 2. The molecule has 32 heavy (non-hydrogen) atoms. The molecule has 0 fully saturated rings. The van der Waals surface area contributed by atoms with Crippen LogP contribution in [0.5, 0.6) is 0 Å². The summed E-state index contributed by atoms with van der Waals surface area (Å²) in [5, 5.41) is 4.88. The van der Waals surface area contributed by atoms with Crippen molar-refractivity contribution in [2.45, 2.75) is 11.3 Å². The first-order chi connectivity index (χ1) is 15.2. The van der Waals surface area contributed by atoms with E-state index in [4.69, 9.17) is 11.6 Å². The summed E-state index contributed by atoms with van der Waals surface area (Å²) in [6, 6.07) is 12.1. The highest BCUT2D eigenvalue weighted by atomic mass is 35.5. The zero-order valence-electron chi connectivity index (χ0n) is 16.0. The minimum Gasteiger partial charge on any atom is -0.324 e. The van der Waals surface area contributed by atoms with Gasteiger partial charge in [0.15, 0.2) is 5.16 Å². The van der Waals surface area contributed by atoms with Crippen molar-refractivity contribution in [1.29, 1.82) is 0 Å². The zero-order valence-corrected chi connectivity index (χ0v) is 18.4. The van der Waals surface area contributed by atoms with Gasteiger partial charge in [-0.3, -0.25) is 9.59 Å². The second-order valence-corrected chi connectivity index (χ2v) is 8.83. The van der Waals surface area contributed by atoms with Crippen molar-refractivity contribution in [3.05, 3.63) is 74.9 Å². The highest BCUT2D eigenvalue weighted by Crippen LogP contribution is 2.34. The molecule has 0 bridgehead atoms. The minimum absolute atomic E-state index is 0.0173. The van der Waals surface area contributed by atoms with Crippen LogP contribution in [0.15, 0.2) is 63.9 Å². The van der Waals surface area contributed by atoms with E-state index in [0.717, 1.165) is 41.1 Å². The number of carbonyl (C=O) groups is 1. The van der Waals surface area contributed by atoms with Gasteiger partial charge in [0.05, 0.1) is 27.4 Å². The minimum atomic E-state index is -4.56. The number of thiophene rings is 1. The second-order valence-electron chi connectivity index (χ2n) is 6.60. The maximum atomic E-state index is 12.9. The predicted molar refractivity (Wildman–Crippen MR) is 121 cm³/mol. The van der Waals surface area contributed by atoms with Crippen molar-refractivity contribution in [2.75, 3.05) is 11.1 Å². The summed E-state index contributed by atoms with van der Waals surface area (Å²) >= 11 is 8.17. The van der Waals surface area contributed by atoms with E-state index in [0.29, 0.717) is 10.2 Å². The average Bonchev–Trinajstić information content (AvgIpc) is 3.18. The molecule has 0 unspecified atom stereocenters. The first-order valence-corrected chi connectivity index (χ1v) is 11.3. The molecule has 2 aromatic heterocycles. The number of fused-ring (bicyclic) bond motifs is 1. The summed E-state index contributed by atoms with van der Waals surface area (Å²) < 4.78 is 38.6. The number of nitrogens with one attached hydrogen (secondary N) is 2. The van der Waals surface area contributed by atoms with Gasteiger partial charge in [-0.15, -0.1) is 11.3 Å². The first-order valence-electron chi connectivity index (χ1n) is 9.08. The van der Waals surface area contributed by atoms with Gasteiger partial charge >= 0.3 is 6.18 Å². The molecule has 2 N–H and O–H groups in total. The van der Waals surface area contributed by atoms with E-state index in [1.165, 1.54) is 11.3 Å². The van der Waals surface area contributed by atoms with Crippen LogP contribution in [-0.4, -0.2) is 21.6 Å². The number of halogens is 4. The molecule has 2 aromatic carbocycles. The third kappa shape index (κ3) is 4.82. The number of amides is 1. The maximum absolute atomic E-state index is 12.9. The van der Waals surface area contributed by atoms with Crippen LogP contribution in [0, 0.1) is 0 Å². The number of anilines is 1. The highest BCUT2D eigenvalue weighted by Gasteiger charge is 2.31. The fourth-order valence-corrected chi connectivity index (χ4v) is 4.78. The Balaban J connectivity index is 1.49. The Morgan fingerprint density at radius 1 is 1.19 bits per heavy atom. The smallest absolute Gasteiger partial charge is 0.324 e. The number of H-pyrrole nitrogens is 1. The number of carbonyl (C=O) groups excluding carboxylic acids is 1. The van der Waals surface area contributed by atoms with Gasteiger partial charge in [0.25, 0.3) is 5.56 Å². The Kier molecular flexibility index (Phi) is 6.27. The van der Waals surface area contributed by atoms with Gasteiger partial charge < -0.3 is 10.3 Å². The summed E-state index contributed by atoms with van der Waals surface area (Å²) in [6.45, 7) is 0. The third-order valence-electron chi connectivity index (χ3n) is 4.41. The van der Waals surface area contributed by atoms with Crippen LogP contribution in [0.2, 0.25) is 5.02 Å². The SMILES string of the molecule is O=C(CSc1nc2scc(-c3ccccc3)c2c(=O)[nH]1)Nc1cc(C(F)(F)F)ccc1Cl. The number of benzene rings is 2. The van der Waals surface area contributed by atoms with Gasteiger partial charge in [0, 0.05) is 10.9 Å². The Morgan fingerprint density at radius 2 is 1.94 bits per heavy atom. The predicted octanol–water partition coefficient (Wildman–Crippen LogP) is 6.05. The number of hydrogen-bond acceptors (Lipinski definition) is 5. The molecule has 0 aliphatic carbocycles. The van der Waals surface area contributed by atoms with E-state index >= 15 is 0 Å². The number of hydrogen-bond donors (Lipinski definition) is 2. The van der Waals surface area contributed by atoms with Crippen LogP contribution >= 0.6 is 34.7 Å². The summed E-state index contributed by atoms with van der Waals surface area (Å²) in [7, 11) is 0. The van der Waals surface area contributed by atoms with Gasteiger partial charge in [0.1, 0.15) is 4.83 Å². The Labute approximate surface area is 192 Å². The standard InChI is InChI=1S/C21H13ClF3N3O2S2/c22-14-7-6-12(21(23,24)25)8-15(14)26-16(29)10-32-20-27-18(30)17-13(9-31-19(17)28-20)11-4-2-1-3-5-11/h1-9H,10H2,(H,26,29)(H,27,28,30). The van der Waals surface area contributed by atoms with Gasteiger partial charge in [-0.25, -0.2) is 4.98 Å². The first kappa shape index (κ1) is 22.4. The molecular weight excluding hydrogens is 483 g/mol. The van der Waals surface area contributed by atoms with E-state index in [-0.39, 0.29) is 27.2 Å². The van der Waals surface area contributed by atoms with E-state index < -0.39 is 17.6 Å².